The Bertz CT molecular complexity index is 591. The Morgan fingerprint density at radius 1 is 1.18 bits per heavy atom. The lowest BCUT2D eigenvalue weighted by molar-refractivity contribution is 0.586. The zero-order valence-corrected chi connectivity index (χ0v) is 8.61. The molecule has 5 heteroatoms. The summed E-state index contributed by atoms with van der Waals surface area (Å²) in [5.74, 6) is -1.03. The molecule has 0 atom stereocenters. The number of hydrogen-bond donors (Lipinski definition) is 1. The van der Waals surface area contributed by atoms with Gasteiger partial charge in [0.15, 0.2) is 0 Å². The molecule has 0 radical (unpaired) electrons. The smallest absolute Gasteiger partial charge is 0.149 e. The molecule has 0 aliphatic heterocycles. The van der Waals surface area contributed by atoms with Crippen molar-refractivity contribution in [1.82, 2.24) is 4.98 Å². The fraction of sp³-hybridized carbons (Fsp3) is 0. The maximum absolute atomic E-state index is 13.3. The normalized spacial score (nSPS) is 9.71. The van der Waals surface area contributed by atoms with E-state index in [2.05, 4.69) is 10.3 Å². The summed E-state index contributed by atoms with van der Waals surface area (Å²) in [4.78, 5) is 3.92. The number of anilines is 2. The summed E-state index contributed by atoms with van der Waals surface area (Å²) >= 11 is 0. The minimum Gasteiger partial charge on any atom is -0.338 e. The van der Waals surface area contributed by atoms with Crippen LogP contribution in [0.25, 0.3) is 0 Å². The first-order chi connectivity index (χ1) is 8.19. The predicted octanol–water partition coefficient (Wildman–Crippen LogP) is 2.98. The van der Waals surface area contributed by atoms with Crippen LogP contribution in [0.4, 0.5) is 20.3 Å². The molecule has 0 unspecified atom stereocenters. The second-order valence-electron chi connectivity index (χ2n) is 3.29. The van der Waals surface area contributed by atoms with E-state index >= 15 is 0 Å². The van der Waals surface area contributed by atoms with E-state index in [-0.39, 0.29) is 5.69 Å². The fourth-order valence-corrected chi connectivity index (χ4v) is 1.30. The Labute approximate surface area is 96.3 Å². The summed E-state index contributed by atoms with van der Waals surface area (Å²) in [6.45, 7) is 0. The maximum Gasteiger partial charge on any atom is 0.149 e. The van der Waals surface area contributed by atoms with Gasteiger partial charge < -0.3 is 5.32 Å². The molecule has 1 aromatic heterocycles. The van der Waals surface area contributed by atoms with E-state index in [1.54, 1.807) is 0 Å². The third kappa shape index (κ3) is 2.55. The quantitative estimate of drug-likeness (QED) is 0.864. The number of rotatable bonds is 2. The first-order valence-electron chi connectivity index (χ1n) is 4.77. The van der Waals surface area contributed by atoms with E-state index in [1.807, 2.05) is 6.07 Å². The number of halogens is 2. The molecule has 2 aromatic rings. The topological polar surface area (TPSA) is 48.7 Å². The molecule has 0 bridgehead atoms. The largest absolute Gasteiger partial charge is 0.338 e. The average molecular weight is 231 g/mol. The zero-order valence-electron chi connectivity index (χ0n) is 8.61. The van der Waals surface area contributed by atoms with Crippen LogP contribution in [0, 0.1) is 23.0 Å². The minimum absolute atomic E-state index is 0.106. The molecule has 2 rings (SSSR count). The van der Waals surface area contributed by atoms with Crippen molar-refractivity contribution in [2.24, 2.45) is 0 Å². The Balaban J connectivity index is 2.28. The average Bonchev–Trinajstić information content (AvgIpc) is 2.33. The second-order valence-corrected chi connectivity index (χ2v) is 3.29. The van der Waals surface area contributed by atoms with Crippen LogP contribution in [0.15, 0.2) is 36.5 Å². The Kier molecular flexibility index (Phi) is 2.97. The number of benzene rings is 1. The van der Waals surface area contributed by atoms with Crippen molar-refractivity contribution >= 4 is 11.5 Å². The van der Waals surface area contributed by atoms with E-state index in [9.17, 15) is 8.78 Å². The van der Waals surface area contributed by atoms with Crippen molar-refractivity contribution in [2.75, 3.05) is 5.32 Å². The van der Waals surface area contributed by atoms with Crippen molar-refractivity contribution in [3.63, 3.8) is 0 Å². The van der Waals surface area contributed by atoms with Crippen molar-refractivity contribution < 1.29 is 8.78 Å². The van der Waals surface area contributed by atoms with E-state index in [0.29, 0.717) is 11.4 Å². The van der Waals surface area contributed by atoms with E-state index in [1.165, 1.54) is 24.4 Å². The van der Waals surface area contributed by atoms with Crippen LogP contribution < -0.4 is 5.32 Å². The number of hydrogen-bond acceptors (Lipinski definition) is 3. The van der Waals surface area contributed by atoms with Crippen molar-refractivity contribution in [2.45, 2.75) is 0 Å². The van der Waals surface area contributed by atoms with Gasteiger partial charge in [-0.05, 0) is 24.3 Å². The lowest BCUT2D eigenvalue weighted by atomic mass is 10.2. The van der Waals surface area contributed by atoms with Crippen LogP contribution >= 0.6 is 0 Å². The highest BCUT2D eigenvalue weighted by Gasteiger charge is 2.04. The number of nitrogens with one attached hydrogen (secondary N) is 1. The number of pyridine rings is 1. The number of nitrogens with zero attached hydrogens (tertiary/aromatic N) is 2. The Hall–Kier alpha value is -2.48. The maximum atomic E-state index is 13.3. The molecule has 0 saturated carbocycles. The first-order valence-corrected chi connectivity index (χ1v) is 4.77. The summed E-state index contributed by atoms with van der Waals surface area (Å²) in [6.07, 6.45) is 1.43. The molecule has 0 aliphatic carbocycles. The van der Waals surface area contributed by atoms with Crippen molar-refractivity contribution in [3.8, 4) is 6.07 Å². The predicted molar refractivity (Wildman–Crippen MR) is 58.6 cm³/mol. The van der Waals surface area contributed by atoms with Crippen LogP contribution in [-0.4, -0.2) is 4.98 Å². The van der Waals surface area contributed by atoms with Crippen molar-refractivity contribution in [3.05, 3.63) is 53.7 Å². The van der Waals surface area contributed by atoms with Gasteiger partial charge in [-0.25, -0.2) is 13.8 Å². The molecule has 0 aliphatic rings. The summed E-state index contributed by atoms with van der Waals surface area (Å²) in [5, 5.41) is 11.4. The molecule has 3 nitrogen and oxygen atoms in total. The van der Waals surface area contributed by atoms with E-state index in [4.69, 9.17) is 5.26 Å². The molecular formula is C12H7F2N3. The minimum atomic E-state index is -0.714. The van der Waals surface area contributed by atoms with Crippen LogP contribution in [0.1, 0.15) is 5.56 Å². The standard InChI is InChI=1S/C12H7F2N3/c13-9-1-2-11(10(14)6-9)17-12-5-8(7-15)3-4-16-12/h1-6H,(H,16,17). The molecule has 84 valence electrons. The molecule has 0 saturated heterocycles. The fourth-order valence-electron chi connectivity index (χ4n) is 1.30. The third-order valence-electron chi connectivity index (χ3n) is 2.08. The van der Waals surface area contributed by atoms with Crippen LogP contribution in [-0.2, 0) is 0 Å². The summed E-state index contributed by atoms with van der Waals surface area (Å²) in [7, 11) is 0. The van der Waals surface area contributed by atoms with Crippen molar-refractivity contribution in [1.29, 1.82) is 5.26 Å². The summed E-state index contributed by atoms with van der Waals surface area (Å²) in [6, 6.07) is 8.13. The molecular weight excluding hydrogens is 224 g/mol. The molecule has 0 spiro atoms. The second kappa shape index (κ2) is 4.58. The molecule has 1 heterocycles. The van der Waals surface area contributed by atoms with Crippen LogP contribution in [0.2, 0.25) is 0 Å². The first kappa shape index (κ1) is 11.0. The van der Waals surface area contributed by atoms with E-state index < -0.39 is 11.6 Å². The van der Waals surface area contributed by atoms with Crippen LogP contribution in [0.3, 0.4) is 0 Å². The molecule has 0 amide bonds. The summed E-state index contributed by atoms with van der Waals surface area (Å²) in [5.41, 5.74) is 0.513. The molecule has 17 heavy (non-hydrogen) atoms. The monoisotopic (exact) mass is 231 g/mol. The molecule has 1 N–H and O–H groups in total. The van der Waals surface area contributed by atoms with E-state index in [0.717, 1.165) is 12.1 Å². The molecule has 1 aromatic carbocycles. The van der Waals surface area contributed by atoms with Gasteiger partial charge in [-0.15, -0.1) is 0 Å². The van der Waals surface area contributed by atoms with Gasteiger partial charge in [-0.1, -0.05) is 0 Å². The highest BCUT2D eigenvalue weighted by Crippen LogP contribution is 2.19. The summed E-state index contributed by atoms with van der Waals surface area (Å²) < 4.78 is 26.0. The molecule has 0 fully saturated rings. The third-order valence-corrected chi connectivity index (χ3v) is 2.08. The van der Waals surface area contributed by atoms with Gasteiger partial charge in [-0.3, -0.25) is 0 Å². The number of nitriles is 1. The van der Waals surface area contributed by atoms with Gasteiger partial charge in [0.05, 0.1) is 17.3 Å². The lowest BCUT2D eigenvalue weighted by Gasteiger charge is -2.06. The highest BCUT2D eigenvalue weighted by molar-refractivity contribution is 5.58. The SMILES string of the molecule is N#Cc1ccnc(Nc2ccc(F)cc2F)c1. The Morgan fingerprint density at radius 3 is 2.71 bits per heavy atom. The van der Waals surface area contributed by atoms with Gasteiger partial charge in [0.25, 0.3) is 0 Å². The van der Waals surface area contributed by atoms with Gasteiger partial charge in [-0.2, -0.15) is 5.26 Å². The van der Waals surface area contributed by atoms with Gasteiger partial charge >= 0.3 is 0 Å². The Morgan fingerprint density at radius 2 is 2.00 bits per heavy atom. The van der Waals surface area contributed by atoms with Gasteiger partial charge in [0.2, 0.25) is 0 Å². The lowest BCUT2D eigenvalue weighted by Crippen LogP contribution is -1.97. The van der Waals surface area contributed by atoms with Gasteiger partial charge in [0.1, 0.15) is 17.5 Å². The number of aromatic nitrogens is 1. The highest BCUT2D eigenvalue weighted by atomic mass is 19.1. The zero-order chi connectivity index (χ0) is 12.3. The van der Waals surface area contributed by atoms with Gasteiger partial charge in [0, 0.05) is 12.3 Å². The van der Waals surface area contributed by atoms with Crippen LogP contribution in [0.5, 0.6) is 0 Å².